The first-order valence-corrected chi connectivity index (χ1v) is 7.55. The summed E-state index contributed by atoms with van der Waals surface area (Å²) in [6, 6.07) is 2.59. The van der Waals surface area contributed by atoms with Gasteiger partial charge < -0.3 is 5.32 Å². The Hall–Kier alpha value is -0.960. The maximum atomic E-state index is 14.3. The second kappa shape index (κ2) is 5.80. The second-order valence-corrected chi connectivity index (χ2v) is 6.65. The van der Waals surface area contributed by atoms with E-state index in [4.69, 9.17) is 0 Å². The topological polar surface area (TPSA) is 12.0 Å². The summed E-state index contributed by atoms with van der Waals surface area (Å²) in [7, 11) is 0. The molecule has 2 unspecified atom stereocenters. The zero-order valence-corrected chi connectivity index (χ0v) is 12.9. The van der Waals surface area contributed by atoms with Gasteiger partial charge >= 0.3 is 0 Å². The van der Waals surface area contributed by atoms with E-state index in [2.05, 4.69) is 19.2 Å². The molecule has 1 aliphatic carbocycles. The third-order valence-electron chi connectivity index (χ3n) is 4.78. The van der Waals surface area contributed by atoms with Crippen LogP contribution in [-0.4, -0.2) is 6.54 Å². The van der Waals surface area contributed by atoms with Gasteiger partial charge in [-0.3, -0.25) is 0 Å². The molecule has 0 aliphatic heterocycles. The molecule has 0 bridgehead atoms. The van der Waals surface area contributed by atoms with Crippen LogP contribution in [0.25, 0.3) is 0 Å². The third kappa shape index (κ3) is 2.88. The first kappa shape index (κ1) is 15.4. The summed E-state index contributed by atoms with van der Waals surface area (Å²) in [5.74, 6) is -0.267. The number of nitrogens with one attached hydrogen (secondary N) is 1. The second-order valence-electron chi connectivity index (χ2n) is 6.65. The molecule has 112 valence electrons. The molecule has 0 radical (unpaired) electrons. The highest BCUT2D eigenvalue weighted by atomic mass is 19.1. The van der Waals surface area contributed by atoms with Crippen LogP contribution in [0.2, 0.25) is 0 Å². The van der Waals surface area contributed by atoms with Crippen LogP contribution in [0.15, 0.2) is 12.1 Å². The Morgan fingerprint density at radius 2 is 2.00 bits per heavy atom. The molecule has 3 heteroatoms. The summed E-state index contributed by atoms with van der Waals surface area (Å²) in [6.07, 6.45) is 3.38. The molecule has 1 N–H and O–H groups in total. The lowest BCUT2D eigenvalue weighted by Gasteiger charge is -2.35. The molecule has 1 saturated carbocycles. The summed E-state index contributed by atoms with van der Waals surface area (Å²) in [6.45, 7) is 8.84. The van der Waals surface area contributed by atoms with Gasteiger partial charge in [-0.15, -0.1) is 0 Å². The predicted molar refractivity (Wildman–Crippen MR) is 78.6 cm³/mol. The van der Waals surface area contributed by atoms with Gasteiger partial charge in [0.2, 0.25) is 0 Å². The van der Waals surface area contributed by atoms with Gasteiger partial charge in [0.25, 0.3) is 0 Å². The van der Waals surface area contributed by atoms with Gasteiger partial charge in [0.05, 0.1) is 0 Å². The van der Waals surface area contributed by atoms with E-state index in [1.807, 2.05) is 6.92 Å². The van der Waals surface area contributed by atoms with Crippen LogP contribution >= 0.6 is 0 Å². The maximum absolute atomic E-state index is 14.3. The van der Waals surface area contributed by atoms with Crippen molar-refractivity contribution < 1.29 is 8.78 Å². The minimum Gasteiger partial charge on any atom is -0.310 e. The first-order valence-electron chi connectivity index (χ1n) is 7.55. The number of hydrogen-bond donors (Lipinski definition) is 1. The van der Waals surface area contributed by atoms with Gasteiger partial charge in [0.15, 0.2) is 0 Å². The summed E-state index contributed by atoms with van der Waals surface area (Å²) < 4.78 is 28.1. The van der Waals surface area contributed by atoms with Gasteiger partial charge in [-0.2, -0.15) is 0 Å². The van der Waals surface area contributed by atoms with Crippen molar-refractivity contribution >= 4 is 0 Å². The van der Waals surface area contributed by atoms with Gasteiger partial charge in [0.1, 0.15) is 11.6 Å². The molecule has 0 amide bonds. The van der Waals surface area contributed by atoms with Crippen LogP contribution in [0.5, 0.6) is 0 Å². The van der Waals surface area contributed by atoms with Crippen LogP contribution in [0, 0.1) is 29.9 Å². The molecule has 2 atom stereocenters. The van der Waals surface area contributed by atoms with Gasteiger partial charge in [-0.1, -0.05) is 27.2 Å². The number of benzene rings is 1. The van der Waals surface area contributed by atoms with Crippen LogP contribution in [0.4, 0.5) is 8.78 Å². The Kier molecular flexibility index (Phi) is 4.48. The Bertz CT molecular complexity index is 482. The average Bonchev–Trinajstić information content (AvgIpc) is 2.71. The molecule has 20 heavy (non-hydrogen) atoms. The van der Waals surface area contributed by atoms with E-state index in [1.54, 1.807) is 6.92 Å². The largest absolute Gasteiger partial charge is 0.310 e. The molecule has 1 aromatic rings. The van der Waals surface area contributed by atoms with Crippen LogP contribution in [0.3, 0.4) is 0 Å². The Morgan fingerprint density at radius 3 is 2.55 bits per heavy atom. The molecule has 0 spiro atoms. The van der Waals surface area contributed by atoms with Crippen molar-refractivity contribution in [1.29, 1.82) is 0 Å². The molecule has 1 aromatic carbocycles. The molecule has 0 saturated heterocycles. The molecule has 1 nitrogen and oxygen atoms in total. The fourth-order valence-electron chi connectivity index (χ4n) is 3.56. The molecule has 0 heterocycles. The van der Waals surface area contributed by atoms with E-state index >= 15 is 0 Å². The Balaban J connectivity index is 2.41. The van der Waals surface area contributed by atoms with E-state index < -0.39 is 0 Å². The minimum absolute atomic E-state index is 0.104. The number of rotatable bonds is 4. The molecule has 0 aromatic heterocycles. The molecular weight excluding hydrogens is 256 g/mol. The zero-order valence-electron chi connectivity index (χ0n) is 12.9. The lowest BCUT2D eigenvalue weighted by Crippen LogP contribution is -2.34. The molecular formula is C17H25F2N. The molecule has 2 rings (SSSR count). The highest BCUT2D eigenvalue weighted by molar-refractivity contribution is 5.29. The average molecular weight is 281 g/mol. The first-order chi connectivity index (χ1) is 9.36. The van der Waals surface area contributed by atoms with Gasteiger partial charge in [0, 0.05) is 11.6 Å². The fraction of sp³-hybridized carbons (Fsp3) is 0.647. The highest BCUT2D eigenvalue weighted by Crippen LogP contribution is 2.49. The summed E-state index contributed by atoms with van der Waals surface area (Å²) in [4.78, 5) is 0. The number of aryl methyl sites for hydroxylation is 1. The summed E-state index contributed by atoms with van der Waals surface area (Å²) in [5.41, 5.74) is 1.02. The van der Waals surface area contributed by atoms with Crippen molar-refractivity contribution in [3.63, 3.8) is 0 Å². The maximum Gasteiger partial charge on any atom is 0.128 e. The quantitative estimate of drug-likeness (QED) is 0.839. The van der Waals surface area contributed by atoms with Crippen LogP contribution < -0.4 is 5.32 Å². The number of hydrogen-bond acceptors (Lipinski definition) is 1. The predicted octanol–water partition coefficient (Wildman–Crippen LogP) is 4.75. The van der Waals surface area contributed by atoms with Crippen molar-refractivity contribution in [2.45, 2.75) is 53.0 Å². The van der Waals surface area contributed by atoms with E-state index in [9.17, 15) is 8.78 Å². The van der Waals surface area contributed by atoms with Gasteiger partial charge in [-0.25, -0.2) is 8.78 Å². The molecule has 1 fully saturated rings. The van der Waals surface area contributed by atoms with Crippen molar-refractivity contribution in [1.82, 2.24) is 5.32 Å². The highest BCUT2D eigenvalue weighted by Gasteiger charge is 2.40. The smallest absolute Gasteiger partial charge is 0.128 e. The minimum atomic E-state index is -0.319. The van der Waals surface area contributed by atoms with E-state index in [0.29, 0.717) is 17.0 Å². The Morgan fingerprint density at radius 1 is 1.30 bits per heavy atom. The lowest BCUT2D eigenvalue weighted by atomic mass is 9.75. The fourth-order valence-corrected chi connectivity index (χ4v) is 3.56. The summed E-state index contributed by atoms with van der Waals surface area (Å²) in [5, 5.41) is 3.38. The zero-order chi connectivity index (χ0) is 14.9. The molecule has 1 aliphatic rings. The van der Waals surface area contributed by atoms with Crippen LogP contribution in [0.1, 0.15) is 57.2 Å². The van der Waals surface area contributed by atoms with Crippen molar-refractivity contribution in [3.05, 3.63) is 34.9 Å². The number of halogens is 2. The SMILES string of the molecule is CCNC(c1cc(F)c(C)cc1F)C1CCCC1(C)C. The monoisotopic (exact) mass is 281 g/mol. The van der Waals surface area contributed by atoms with Crippen molar-refractivity contribution in [3.8, 4) is 0 Å². The van der Waals surface area contributed by atoms with E-state index in [1.165, 1.54) is 12.1 Å². The van der Waals surface area contributed by atoms with Crippen molar-refractivity contribution in [2.24, 2.45) is 11.3 Å². The summed E-state index contributed by atoms with van der Waals surface area (Å²) >= 11 is 0. The Labute approximate surface area is 120 Å². The van der Waals surface area contributed by atoms with Gasteiger partial charge in [-0.05, 0) is 55.3 Å². The van der Waals surface area contributed by atoms with E-state index in [-0.39, 0.29) is 23.1 Å². The standard InChI is InChI=1S/C17H25F2N/c1-5-20-16(13-7-6-8-17(13,3)4)12-10-14(18)11(2)9-15(12)19/h9-10,13,16,20H,5-8H2,1-4H3. The van der Waals surface area contributed by atoms with E-state index in [0.717, 1.165) is 25.8 Å². The van der Waals surface area contributed by atoms with Crippen molar-refractivity contribution in [2.75, 3.05) is 6.54 Å². The lowest BCUT2D eigenvalue weighted by molar-refractivity contribution is 0.196. The normalized spacial score (nSPS) is 23.0. The third-order valence-corrected chi connectivity index (χ3v) is 4.78. The van der Waals surface area contributed by atoms with Crippen LogP contribution in [-0.2, 0) is 0 Å².